The number of hydrogen-bond acceptors (Lipinski definition) is 1. The van der Waals surface area contributed by atoms with Gasteiger partial charge in [0, 0.05) is 23.1 Å². The van der Waals surface area contributed by atoms with Crippen LogP contribution in [0.25, 0.3) is 0 Å². The number of carbonyl (C=O) groups is 1. The second-order valence-corrected chi connectivity index (χ2v) is 6.27. The summed E-state index contributed by atoms with van der Waals surface area (Å²) in [5.74, 6) is -0.428. The minimum Gasteiger partial charge on any atom is -0.346 e. The van der Waals surface area contributed by atoms with Crippen molar-refractivity contribution in [2.45, 2.75) is 19.4 Å². The Morgan fingerprint density at radius 3 is 2.48 bits per heavy atom. The van der Waals surface area contributed by atoms with Gasteiger partial charge in [-0.15, -0.1) is 0 Å². The number of anilines is 1. The number of nitrogens with zero attached hydrogens (tertiary/aromatic N) is 1. The van der Waals surface area contributed by atoms with Gasteiger partial charge in [0.15, 0.2) is 0 Å². The van der Waals surface area contributed by atoms with Gasteiger partial charge in [-0.3, -0.25) is 4.79 Å². The summed E-state index contributed by atoms with van der Waals surface area (Å²) in [6, 6.07) is 15.2. The topological polar surface area (TPSA) is 34.0 Å². The monoisotopic (exact) mass is 356 g/mol. The first kappa shape index (κ1) is 17.2. The van der Waals surface area contributed by atoms with E-state index in [-0.39, 0.29) is 24.2 Å². The summed E-state index contributed by atoms with van der Waals surface area (Å²) in [6.07, 6.45) is 4.02. The average Bonchev–Trinajstić information content (AvgIpc) is 3.12. The first-order chi connectivity index (χ1) is 12.0. The fourth-order valence-electron chi connectivity index (χ4n) is 2.76. The molecule has 3 nitrogen and oxygen atoms in total. The van der Waals surface area contributed by atoms with E-state index in [0.29, 0.717) is 10.7 Å². The molecular weight excluding hydrogens is 339 g/mol. The number of amides is 1. The summed E-state index contributed by atoms with van der Waals surface area (Å²) in [4.78, 5) is 12.6. The Balaban J connectivity index is 1.82. The van der Waals surface area contributed by atoms with Crippen molar-refractivity contribution in [2.75, 3.05) is 5.32 Å². The van der Waals surface area contributed by atoms with Crippen molar-refractivity contribution in [3.05, 3.63) is 89.0 Å². The van der Waals surface area contributed by atoms with Crippen molar-refractivity contribution in [3.63, 3.8) is 0 Å². The Hall–Kier alpha value is -2.59. The zero-order chi connectivity index (χ0) is 17.8. The molecule has 1 amide bonds. The quantitative estimate of drug-likeness (QED) is 0.669. The van der Waals surface area contributed by atoms with Crippen LogP contribution in [-0.4, -0.2) is 10.5 Å². The van der Waals surface area contributed by atoms with Gasteiger partial charge in [0.05, 0.1) is 12.5 Å². The van der Waals surface area contributed by atoms with E-state index in [1.54, 1.807) is 24.3 Å². The molecule has 1 N–H and O–H groups in total. The molecule has 0 aliphatic rings. The fourth-order valence-corrected chi connectivity index (χ4v) is 2.93. The molecule has 1 aromatic heterocycles. The second kappa shape index (κ2) is 7.53. The van der Waals surface area contributed by atoms with Gasteiger partial charge in [-0.2, -0.15) is 0 Å². The lowest BCUT2D eigenvalue weighted by atomic mass is 10.0. The molecule has 25 heavy (non-hydrogen) atoms. The van der Waals surface area contributed by atoms with E-state index in [4.69, 9.17) is 11.6 Å². The van der Waals surface area contributed by atoms with E-state index in [1.807, 2.05) is 42.1 Å². The summed E-state index contributed by atoms with van der Waals surface area (Å²) in [7, 11) is 0. The number of aromatic nitrogens is 1. The van der Waals surface area contributed by atoms with Crippen LogP contribution in [-0.2, 0) is 4.79 Å². The first-order valence-electron chi connectivity index (χ1n) is 7.97. The summed E-state index contributed by atoms with van der Waals surface area (Å²) >= 11 is 6.10. The van der Waals surface area contributed by atoms with E-state index in [9.17, 15) is 9.18 Å². The molecule has 0 spiro atoms. The molecular formula is C20H18ClFN2O. The first-order valence-corrected chi connectivity index (χ1v) is 8.35. The predicted molar refractivity (Wildman–Crippen MR) is 98.4 cm³/mol. The second-order valence-electron chi connectivity index (χ2n) is 5.86. The van der Waals surface area contributed by atoms with Crippen molar-refractivity contribution in [2.24, 2.45) is 0 Å². The number of benzene rings is 2. The van der Waals surface area contributed by atoms with Crippen LogP contribution < -0.4 is 5.32 Å². The van der Waals surface area contributed by atoms with Crippen molar-refractivity contribution < 1.29 is 9.18 Å². The fraction of sp³-hybridized carbons (Fsp3) is 0.150. The van der Waals surface area contributed by atoms with Gasteiger partial charge in [0.1, 0.15) is 5.82 Å². The summed E-state index contributed by atoms with van der Waals surface area (Å²) in [6.45, 7) is 1.86. The zero-order valence-electron chi connectivity index (χ0n) is 13.7. The van der Waals surface area contributed by atoms with Crippen LogP contribution in [0.3, 0.4) is 0 Å². The van der Waals surface area contributed by atoms with E-state index in [2.05, 4.69) is 5.32 Å². The molecule has 0 saturated carbocycles. The van der Waals surface area contributed by atoms with E-state index < -0.39 is 0 Å². The molecule has 3 rings (SSSR count). The number of nitrogens with one attached hydrogen (secondary N) is 1. The van der Waals surface area contributed by atoms with Gasteiger partial charge in [-0.05, 0) is 54.4 Å². The van der Waals surface area contributed by atoms with Crippen LogP contribution in [0.1, 0.15) is 23.6 Å². The minimum atomic E-state index is -0.297. The van der Waals surface area contributed by atoms with Crippen LogP contribution in [0.15, 0.2) is 67.0 Å². The lowest BCUT2D eigenvalue weighted by molar-refractivity contribution is -0.116. The molecule has 2 aromatic carbocycles. The van der Waals surface area contributed by atoms with Crippen LogP contribution >= 0.6 is 11.6 Å². The highest BCUT2D eigenvalue weighted by Crippen LogP contribution is 2.26. The number of halogens is 2. The molecule has 0 fully saturated rings. The lowest BCUT2D eigenvalue weighted by Crippen LogP contribution is -2.20. The normalized spacial score (nSPS) is 12.0. The maximum atomic E-state index is 13.2. The Morgan fingerprint density at radius 2 is 1.80 bits per heavy atom. The largest absolute Gasteiger partial charge is 0.346 e. The van der Waals surface area contributed by atoms with Crippen molar-refractivity contribution in [1.29, 1.82) is 0 Å². The van der Waals surface area contributed by atoms with Crippen LogP contribution in [0.2, 0.25) is 5.02 Å². The maximum Gasteiger partial charge on any atom is 0.226 e. The molecule has 0 unspecified atom stereocenters. The Labute approximate surface area is 151 Å². The molecule has 0 saturated heterocycles. The van der Waals surface area contributed by atoms with E-state index in [1.165, 1.54) is 12.1 Å². The molecule has 0 bridgehead atoms. The SMILES string of the molecule is Cc1c(Cl)cccc1NC(=O)C[C@@H](c1ccc(F)cc1)n1cccc1. The van der Waals surface area contributed by atoms with E-state index in [0.717, 1.165) is 11.1 Å². The van der Waals surface area contributed by atoms with Gasteiger partial charge < -0.3 is 9.88 Å². The molecule has 0 aliphatic carbocycles. The summed E-state index contributed by atoms with van der Waals surface area (Å²) < 4.78 is 15.2. The van der Waals surface area contributed by atoms with Crippen LogP contribution in [0.5, 0.6) is 0 Å². The van der Waals surface area contributed by atoms with Gasteiger partial charge in [-0.25, -0.2) is 4.39 Å². The highest BCUT2D eigenvalue weighted by atomic mass is 35.5. The van der Waals surface area contributed by atoms with Crippen LogP contribution in [0.4, 0.5) is 10.1 Å². The molecule has 3 aromatic rings. The third kappa shape index (κ3) is 4.09. The molecule has 128 valence electrons. The number of carbonyl (C=O) groups excluding carboxylic acids is 1. The minimum absolute atomic E-state index is 0.131. The standard InChI is InChI=1S/C20H18ClFN2O/c1-14-17(21)5-4-6-18(14)23-20(25)13-19(24-11-2-3-12-24)15-7-9-16(22)10-8-15/h2-12,19H,13H2,1H3,(H,23,25)/t19-/m0/s1. The summed E-state index contributed by atoms with van der Waals surface area (Å²) in [5, 5.41) is 3.52. The van der Waals surface area contributed by atoms with Gasteiger partial charge >= 0.3 is 0 Å². The lowest BCUT2D eigenvalue weighted by Gasteiger charge is -2.20. The Kier molecular flexibility index (Phi) is 5.19. The predicted octanol–water partition coefficient (Wildman–Crippen LogP) is 5.21. The molecule has 1 heterocycles. The smallest absolute Gasteiger partial charge is 0.226 e. The molecule has 0 radical (unpaired) electrons. The highest BCUT2D eigenvalue weighted by Gasteiger charge is 2.18. The van der Waals surface area contributed by atoms with Crippen molar-refractivity contribution >= 4 is 23.2 Å². The van der Waals surface area contributed by atoms with Gasteiger partial charge in [0.25, 0.3) is 0 Å². The third-order valence-corrected chi connectivity index (χ3v) is 4.57. The van der Waals surface area contributed by atoms with Crippen molar-refractivity contribution in [1.82, 2.24) is 4.57 Å². The molecule has 1 atom stereocenters. The average molecular weight is 357 g/mol. The third-order valence-electron chi connectivity index (χ3n) is 4.16. The van der Waals surface area contributed by atoms with Gasteiger partial charge in [-0.1, -0.05) is 29.8 Å². The Bertz CT molecular complexity index is 860. The zero-order valence-corrected chi connectivity index (χ0v) is 14.5. The van der Waals surface area contributed by atoms with Crippen LogP contribution in [0, 0.1) is 12.7 Å². The molecule has 0 aliphatic heterocycles. The summed E-state index contributed by atoms with van der Waals surface area (Å²) in [5.41, 5.74) is 2.40. The number of rotatable bonds is 5. The van der Waals surface area contributed by atoms with E-state index >= 15 is 0 Å². The molecule has 5 heteroatoms. The maximum absolute atomic E-state index is 13.2. The highest BCUT2D eigenvalue weighted by molar-refractivity contribution is 6.31. The van der Waals surface area contributed by atoms with Gasteiger partial charge in [0.2, 0.25) is 5.91 Å². The van der Waals surface area contributed by atoms with Crippen molar-refractivity contribution in [3.8, 4) is 0 Å². The number of hydrogen-bond donors (Lipinski definition) is 1. The Morgan fingerprint density at radius 1 is 1.12 bits per heavy atom.